The predicted molar refractivity (Wildman–Crippen MR) is 117 cm³/mol. The lowest BCUT2D eigenvalue weighted by Crippen LogP contribution is -2.58. The lowest BCUT2D eigenvalue weighted by molar-refractivity contribution is -0.142. The lowest BCUT2D eigenvalue weighted by atomic mass is 10.0. The molecule has 0 unspecified atom stereocenters. The van der Waals surface area contributed by atoms with Crippen molar-refractivity contribution in [2.24, 2.45) is 0 Å². The second kappa shape index (κ2) is 7.99. The molecule has 1 atom stereocenters. The highest BCUT2D eigenvalue weighted by atomic mass is 32.2. The molecule has 30 heavy (non-hydrogen) atoms. The van der Waals surface area contributed by atoms with Crippen molar-refractivity contribution in [3.63, 3.8) is 0 Å². The molecule has 0 aliphatic carbocycles. The van der Waals surface area contributed by atoms with Gasteiger partial charge in [0.2, 0.25) is 10.0 Å². The predicted octanol–water partition coefficient (Wildman–Crippen LogP) is 2.73. The minimum Gasteiger partial charge on any atom is -0.480 e. The number of carbonyl (C=O) groups is 1. The van der Waals surface area contributed by atoms with Gasteiger partial charge in [0, 0.05) is 23.3 Å². The maximum atomic E-state index is 13.2. The number of aliphatic carboxylic acids is 1. The van der Waals surface area contributed by atoms with E-state index in [2.05, 4.69) is 0 Å². The molecule has 0 aromatic heterocycles. The van der Waals surface area contributed by atoms with Crippen LogP contribution in [0.5, 0.6) is 0 Å². The number of hydrogen-bond acceptors (Lipinski definition) is 6. The molecule has 1 saturated heterocycles. The van der Waals surface area contributed by atoms with Crippen LogP contribution in [0, 0.1) is 0 Å². The van der Waals surface area contributed by atoms with Crippen LogP contribution in [0.15, 0.2) is 58.3 Å². The molecule has 1 N–H and O–H groups in total. The first-order valence-electron chi connectivity index (χ1n) is 9.13. The van der Waals surface area contributed by atoms with E-state index in [-0.39, 0.29) is 16.3 Å². The van der Waals surface area contributed by atoms with Crippen molar-refractivity contribution < 1.29 is 26.7 Å². The number of carboxylic acid groups (broad SMARTS) is 1. The molecule has 0 radical (unpaired) electrons. The van der Waals surface area contributed by atoms with Crippen LogP contribution >= 0.6 is 11.8 Å². The monoisotopic (exact) mass is 469 g/mol. The summed E-state index contributed by atoms with van der Waals surface area (Å²) in [7, 11) is -7.29. The summed E-state index contributed by atoms with van der Waals surface area (Å²) in [5.74, 6) is -0.654. The molecule has 3 rings (SSSR count). The summed E-state index contributed by atoms with van der Waals surface area (Å²) in [6, 6.07) is 11.3. The third kappa shape index (κ3) is 4.41. The van der Waals surface area contributed by atoms with Crippen molar-refractivity contribution in [1.82, 2.24) is 4.31 Å². The van der Waals surface area contributed by atoms with E-state index in [1.54, 1.807) is 38.1 Å². The van der Waals surface area contributed by atoms with E-state index in [1.165, 1.54) is 36.0 Å². The standard InChI is InChI=1S/C20H23NO6S3/c1-20(2)18(19(22)23)21(12-13-28-20)30(26,27)17-10-6-15(7-11-17)14-4-8-16(9-5-14)29(3,24)25/h4-11,18H,12-13H2,1-3H3,(H,22,23)/t18-/m0/s1. The Kier molecular flexibility index (Phi) is 6.07. The molecule has 2 aromatic carbocycles. The summed E-state index contributed by atoms with van der Waals surface area (Å²) in [4.78, 5) is 12.1. The van der Waals surface area contributed by atoms with Gasteiger partial charge in [-0.3, -0.25) is 4.79 Å². The van der Waals surface area contributed by atoms with Crippen molar-refractivity contribution >= 4 is 37.6 Å². The molecule has 1 heterocycles. The number of benzene rings is 2. The second-order valence-electron chi connectivity index (χ2n) is 7.63. The molecule has 0 amide bonds. The van der Waals surface area contributed by atoms with E-state index in [0.29, 0.717) is 5.75 Å². The van der Waals surface area contributed by atoms with Crippen LogP contribution in [-0.2, 0) is 24.7 Å². The third-order valence-corrected chi connectivity index (χ3v) is 9.40. The Morgan fingerprint density at radius 1 is 0.967 bits per heavy atom. The van der Waals surface area contributed by atoms with E-state index in [4.69, 9.17) is 0 Å². The van der Waals surface area contributed by atoms with Gasteiger partial charge >= 0.3 is 5.97 Å². The number of sulfone groups is 1. The van der Waals surface area contributed by atoms with Crippen molar-refractivity contribution in [1.29, 1.82) is 0 Å². The minimum atomic E-state index is -3.99. The van der Waals surface area contributed by atoms with Gasteiger partial charge in [-0.05, 0) is 49.2 Å². The van der Waals surface area contributed by atoms with Crippen LogP contribution in [0.2, 0.25) is 0 Å². The topological polar surface area (TPSA) is 109 Å². The van der Waals surface area contributed by atoms with Crippen LogP contribution in [0.4, 0.5) is 0 Å². The average Bonchev–Trinajstić information content (AvgIpc) is 2.66. The smallest absolute Gasteiger partial charge is 0.323 e. The normalized spacial score (nSPS) is 20.0. The van der Waals surface area contributed by atoms with Gasteiger partial charge in [-0.25, -0.2) is 16.8 Å². The Morgan fingerprint density at radius 2 is 1.43 bits per heavy atom. The molecule has 2 aromatic rings. The fourth-order valence-electron chi connectivity index (χ4n) is 3.48. The number of nitrogens with zero attached hydrogens (tertiary/aromatic N) is 1. The zero-order valence-corrected chi connectivity index (χ0v) is 19.2. The van der Waals surface area contributed by atoms with Gasteiger partial charge in [0.15, 0.2) is 9.84 Å². The Hall–Kier alpha value is -1.88. The highest BCUT2D eigenvalue weighted by Gasteiger charge is 2.48. The van der Waals surface area contributed by atoms with Crippen molar-refractivity contribution in [3.05, 3.63) is 48.5 Å². The molecular formula is C20H23NO6S3. The SMILES string of the molecule is CC1(C)SCCN(S(=O)(=O)c2ccc(-c3ccc(S(C)(=O)=O)cc3)cc2)[C@H]1C(=O)O. The van der Waals surface area contributed by atoms with Crippen LogP contribution in [-0.4, -0.2) is 61.6 Å². The number of sulfonamides is 1. The van der Waals surface area contributed by atoms with Gasteiger partial charge < -0.3 is 5.11 Å². The highest BCUT2D eigenvalue weighted by molar-refractivity contribution is 8.01. The van der Waals surface area contributed by atoms with Gasteiger partial charge in [-0.2, -0.15) is 16.1 Å². The number of rotatable bonds is 5. The molecule has 0 saturated carbocycles. The Labute approximate surface area is 181 Å². The first-order chi connectivity index (χ1) is 13.8. The summed E-state index contributed by atoms with van der Waals surface area (Å²) in [5.41, 5.74) is 1.46. The van der Waals surface area contributed by atoms with Gasteiger partial charge in [-0.15, -0.1) is 0 Å². The molecule has 1 aliphatic heterocycles. The summed E-state index contributed by atoms with van der Waals surface area (Å²) in [6.45, 7) is 3.60. The van der Waals surface area contributed by atoms with E-state index in [9.17, 15) is 26.7 Å². The number of hydrogen-bond donors (Lipinski definition) is 1. The van der Waals surface area contributed by atoms with E-state index in [1.807, 2.05) is 0 Å². The molecule has 0 spiro atoms. The Morgan fingerprint density at radius 3 is 1.87 bits per heavy atom. The summed E-state index contributed by atoms with van der Waals surface area (Å²) in [6.07, 6.45) is 1.13. The van der Waals surface area contributed by atoms with Crippen LogP contribution in [0.1, 0.15) is 13.8 Å². The number of thioether (sulfide) groups is 1. The maximum absolute atomic E-state index is 13.2. The van der Waals surface area contributed by atoms with Crippen molar-refractivity contribution in [2.75, 3.05) is 18.6 Å². The molecule has 1 fully saturated rings. The lowest BCUT2D eigenvalue weighted by Gasteiger charge is -2.42. The van der Waals surface area contributed by atoms with Gasteiger partial charge in [0.25, 0.3) is 0 Å². The van der Waals surface area contributed by atoms with Gasteiger partial charge in [0.1, 0.15) is 6.04 Å². The molecule has 162 valence electrons. The van der Waals surface area contributed by atoms with Crippen molar-refractivity contribution in [3.8, 4) is 11.1 Å². The molecular weight excluding hydrogens is 446 g/mol. The molecule has 7 nitrogen and oxygen atoms in total. The third-order valence-electron chi connectivity index (χ3n) is 5.04. The highest BCUT2D eigenvalue weighted by Crippen LogP contribution is 2.38. The summed E-state index contributed by atoms with van der Waals surface area (Å²) < 4.78 is 49.9. The zero-order valence-electron chi connectivity index (χ0n) is 16.8. The fourth-order valence-corrected chi connectivity index (χ4v) is 7.21. The van der Waals surface area contributed by atoms with E-state index < -0.39 is 36.6 Å². The Balaban J connectivity index is 1.92. The summed E-state index contributed by atoms with van der Waals surface area (Å²) in [5, 5.41) is 9.66. The second-order valence-corrected chi connectivity index (χ2v) is 13.3. The van der Waals surface area contributed by atoms with E-state index >= 15 is 0 Å². The quantitative estimate of drug-likeness (QED) is 0.717. The molecule has 10 heteroatoms. The van der Waals surface area contributed by atoms with E-state index in [0.717, 1.165) is 21.7 Å². The zero-order chi connectivity index (χ0) is 22.3. The first-order valence-corrected chi connectivity index (χ1v) is 13.4. The maximum Gasteiger partial charge on any atom is 0.323 e. The van der Waals surface area contributed by atoms with Crippen LogP contribution in [0.25, 0.3) is 11.1 Å². The molecule has 1 aliphatic rings. The largest absolute Gasteiger partial charge is 0.480 e. The van der Waals surface area contributed by atoms with Gasteiger partial charge in [-0.1, -0.05) is 24.3 Å². The molecule has 0 bridgehead atoms. The minimum absolute atomic E-state index is 0.0213. The average molecular weight is 470 g/mol. The van der Waals surface area contributed by atoms with Crippen LogP contribution < -0.4 is 0 Å². The van der Waals surface area contributed by atoms with Crippen molar-refractivity contribution in [2.45, 2.75) is 34.4 Å². The Bertz CT molecular complexity index is 1150. The fraction of sp³-hybridized carbons (Fsp3) is 0.350. The van der Waals surface area contributed by atoms with Crippen LogP contribution in [0.3, 0.4) is 0 Å². The number of carboxylic acids is 1. The first kappa shape index (κ1) is 22.8. The van der Waals surface area contributed by atoms with Gasteiger partial charge in [0.05, 0.1) is 9.79 Å². The summed E-state index contributed by atoms with van der Waals surface area (Å²) >= 11 is 1.44.